The van der Waals surface area contributed by atoms with Gasteiger partial charge in [0, 0.05) is 21.2 Å². The summed E-state index contributed by atoms with van der Waals surface area (Å²) >= 11 is 3.44. The minimum Gasteiger partial charge on any atom is -0.483 e. The van der Waals surface area contributed by atoms with Crippen LogP contribution in [0.4, 0.5) is 0 Å². The molecule has 2 heterocycles. The average Bonchev–Trinajstić information content (AvgIpc) is 3.04. The summed E-state index contributed by atoms with van der Waals surface area (Å²) < 4.78 is 12.7. The Morgan fingerprint density at radius 1 is 1.00 bits per heavy atom. The SMILES string of the molecule is CC1(C)C=Cc2cc(-c3nc(-c4ccc(Br)cc4)co3)ccc2O1. The molecule has 0 unspecified atom stereocenters. The zero-order valence-electron chi connectivity index (χ0n) is 13.4. The summed E-state index contributed by atoms with van der Waals surface area (Å²) in [5.74, 6) is 1.49. The fraction of sp³-hybridized carbons (Fsp3) is 0.150. The molecular weight excluding hydrogens is 366 g/mol. The van der Waals surface area contributed by atoms with E-state index in [2.05, 4.69) is 33.1 Å². The van der Waals surface area contributed by atoms with E-state index >= 15 is 0 Å². The Morgan fingerprint density at radius 2 is 1.75 bits per heavy atom. The van der Waals surface area contributed by atoms with Gasteiger partial charge >= 0.3 is 0 Å². The molecule has 0 amide bonds. The van der Waals surface area contributed by atoms with Crippen molar-refractivity contribution in [2.24, 2.45) is 0 Å². The smallest absolute Gasteiger partial charge is 0.226 e. The van der Waals surface area contributed by atoms with Gasteiger partial charge in [-0.05, 0) is 50.3 Å². The van der Waals surface area contributed by atoms with Crippen LogP contribution in [0.1, 0.15) is 19.4 Å². The predicted octanol–water partition coefficient (Wildman–Crippen LogP) is 5.96. The molecule has 0 atom stereocenters. The van der Waals surface area contributed by atoms with E-state index in [0.717, 1.165) is 32.6 Å². The first kappa shape index (κ1) is 15.2. The lowest BCUT2D eigenvalue weighted by Crippen LogP contribution is -2.27. The molecule has 4 heteroatoms. The molecule has 0 fully saturated rings. The molecule has 1 aliphatic heterocycles. The highest BCUT2D eigenvalue weighted by Gasteiger charge is 2.22. The number of nitrogens with zero attached hydrogens (tertiary/aromatic N) is 1. The lowest BCUT2D eigenvalue weighted by atomic mass is 10.0. The molecule has 1 aromatic heterocycles. The third-order valence-electron chi connectivity index (χ3n) is 3.94. The van der Waals surface area contributed by atoms with Crippen molar-refractivity contribution in [3.63, 3.8) is 0 Å². The van der Waals surface area contributed by atoms with Gasteiger partial charge in [-0.3, -0.25) is 0 Å². The molecule has 0 aliphatic carbocycles. The highest BCUT2D eigenvalue weighted by molar-refractivity contribution is 9.10. The Labute approximate surface area is 149 Å². The van der Waals surface area contributed by atoms with Crippen molar-refractivity contribution in [1.29, 1.82) is 0 Å². The standard InChI is InChI=1S/C20H16BrNO2/c1-20(2)10-9-14-11-15(5-8-18(14)24-20)19-22-17(12-23-19)13-3-6-16(21)7-4-13/h3-12H,1-2H3. The van der Waals surface area contributed by atoms with Gasteiger partial charge in [-0.25, -0.2) is 4.98 Å². The molecular formula is C20H16BrNO2. The second-order valence-electron chi connectivity index (χ2n) is 6.34. The fourth-order valence-corrected chi connectivity index (χ4v) is 2.94. The van der Waals surface area contributed by atoms with Gasteiger partial charge in [-0.2, -0.15) is 0 Å². The first-order valence-corrected chi connectivity index (χ1v) is 8.54. The highest BCUT2D eigenvalue weighted by Crippen LogP contribution is 2.34. The van der Waals surface area contributed by atoms with Gasteiger partial charge in [-0.15, -0.1) is 0 Å². The molecule has 2 aromatic carbocycles. The molecule has 120 valence electrons. The van der Waals surface area contributed by atoms with Crippen molar-refractivity contribution in [2.75, 3.05) is 0 Å². The third-order valence-corrected chi connectivity index (χ3v) is 4.47. The summed E-state index contributed by atoms with van der Waals surface area (Å²) in [5.41, 5.74) is 3.55. The number of benzene rings is 2. The largest absolute Gasteiger partial charge is 0.483 e. The van der Waals surface area contributed by atoms with Gasteiger partial charge in [0.1, 0.15) is 23.3 Å². The van der Waals surface area contributed by atoms with Gasteiger partial charge in [0.25, 0.3) is 0 Å². The zero-order chi connectivity index (χ0) is 16.7. The van der Waals surface area contributed by atoms with Crippen LogP contribution in [0.2, 0.25) is 0 Å². The molecule has 0 saturated carbocycles. The summed E-state index contributed by atoms with van der Waals surface area (Å²) in [7, 11) is 0. The van der Waals surface area contributed by atoms with Crippen molar-refractivity contribution in [3.05, 3.63) is 64.8 Å². The number of fused-ring (bicyclic) bond motifs is 1. The molecule has 4 rings (SSSR count). The molecule has 0 spiro atoms. The summed E-state index contributed by atoms with van der Waals surface area (Å²) in [6, 6.07) is 14.0. The molecule has 3 aromatic rings. The number of ether oxygens (including phenoxy) is 1. The third kappa shape index (κ3) is 2.89. The number of hydrogen-bond donors (Lipinski definition) is 0. The van der Waals surface area contributed by atoms with Gasteiger partial charge in [0.2, 0.25) is 5.89 Å². The molecule has 0 N–H and O–H groups in total. The van der Waals surface area contributed by atoms with Crippen LogP contribution in [-0.4, -0.2) is 10.6 Å². The van der Waals surface area contributed by atoms with Crippen molar-refractivity contribution in [3.8, 4) is 28.5 Å². The molecule has 0 saturated heterocycles. The van der Waals surface area contributed by atoms with Crippen LogP contribution in [0.15, 0.2) is 63.7 Å². The van der Waals surface area contributed by atoms with Gasteiger partial charge < -0.3 is 9.15 Å². The van der Waals surface area contributed by atoms with Crippen LogP contribution in [0, 0.1) is 0 Å². The predicted molar refractivity (Wildman–Crippen MR) is 98.8 cm³/mol. The van der Waals surface area contributed by atoms with Crippen molar-refractivity contribution in [2.45, 2.75) is 19.4 Å². The Hall–Kier alpha value is -2.33. The molecule has 24 heavy (non-hydrogen) atoms. The Balaban J connectivity index is 1.67. The van der Waals surface area contributed by atoms with E-state index in [0.29, 0.717) is 5.89 Å². The second-order valence-corrected chi connectivity index (χ2v) is 7.25. The van der Waals surface area contributed by atoms with E-state index in [4.69, 9.17) is 9.15 Å². The van der Waals surface area contributed by atoms with Crippen LogP contribution >= 0.6 is 15.9 Å². The van der Waals surface area contributed by atoms with Crippen molar-refractivity contribution >= 4 is 22.0 Å². The zero-order valence-corrected chi connectivity index (χ0v) is 15.0. The summed E-state index contributed by atoms with van der Waals surface area (Å²) in [6.45, 7) is 4.08. The average molecular weight is 382 g/mol. The molecule has 3 nitrogen and oxygen atoms in total. The highest BCUT2D eigenvalue weighted by atomic mass is 79.9. The van der Waals surface area contributed by atoms with Crippen LogP contribution in [0.3, 0.4) is 0 Å². The minimum absolute atomic E-state index is 0.272. The lowest BCUT2D eigenvalue weighted by Gasteiger charge is -2.27. The Morgan fingerprint density at radius 3 is 2.54 bits per heavy atom. The summed E-state index contributed by atoms with van der Waals surface area (Å²) in [5, 5.41) is 0. The molecule has 0 bridgehead atoms. The number of hydrogen-bond acceptors (Lipinski definition) is 3. The van der Waals surface area contributed by atoms with E-state index in [-0.39, 0.29) is 5.60 Å². The van der Waals surface area contributed by atoms with Gasteiger partial charge in [0.15, 0.2) is 0 Å². The minimum atomic E-state index is -0.272. The summed E-state index contributed by atoms with van der Waals surface area (Å²) in [6.07, 6.45) is 5.83. The molecule has 0 radical (unpaired) electrons. The quantitative estimate of drug-likeness (QED) is 0.549. The monoisotopic (exact) mass is 381 g/mol. The van der Waals surface area contributed by atoms with Crippen molar-refractivity contribution < 1.29 is 9.15 Å². The van der Waals surface area contributed by atoms with E-state index < -0.39 is 0 Å². The Bertz CT molecular complexity index is 923. The molecule has 1 aliphatic rings. The van der Waals surface area contributed by atoms with Crippen LogP contribution < -0.4 is 4.74 Å². The fourth-order valence-electron chi connectivity index (χ4n) is 2.67. The Kier molecular flexibility index (Phi) is 3.57. The first-order valence-electron chi connectivity index (χ1n) is 7.74. The second kappa shape index (κ2) is 5.64. The van der Waals surface area contributed by atoms with E-state index in [1.807, 2.05) is 56.3 Å². The van der Waals surface area contributed by atoms with Crippen LogP contribution in [0.5, 0.6) is 5.75 Å². The van der Waals surface area contributed by atoms with Crippen LogP contribution in [0.25, 0.3) is 28.8 Å². The van der Waals surface area contributed by atoms with Gasteiger partial charge in [0.05, 0.1) is 0 Å². The van der Waals surface area contributed by atoms with E-state index in [1.165, 1.54) is 0 Å². The van der Waals surface area contributed by atoms with Gasteiger partial charge in [-0.1, -0.05) is 34.1 Å². The number of rotatable bonds is 2. The number of aromatic nitrogens is 1. The van der Waals surface area contributed by atoms with Crippen LogP contribution in [-0.2, 0) is 0 Å². The normalized spacial score (nSPS) is 15.0. The first-order chi connectivity index (χ1) is 11.5. The van der Waals surface area contributed by atoms with E-state index in [9.17, 15) is 0 Å². The summed E-state index contributed by atoms with van der Waals surface area (Å²) in [4.78, 5) is 4.61. The van der Waals surface area contributed by atoms with E-state index in [1.54, 1.807) is 6.26 Å². The van der Waals surface area contributed by atoms with Crippen molar-refractivity contribution in [1.82, 2.24) is 4.98 Å². The maximum Gasteiger partial charge on any atom is 0.226 e. The topological polar surface area (TPSA) is 35.3 Å². The maximum atomic E-state index is 5.95. The number of oxazole rings is 1. The maximum absolute atomic E-state index is 5.95. The number of halogens is 1. The lowest BCUT2D eigenvalue weighted by molar-refractivity contribution is 0.159.